The minimum absolute atomic E-state index is 0.269. The summed E-state index contributed by atoms with van der Waals surface area (Å²) in [6, 6.07) is 3.18. The molecule has 0 bridgehead atoms. The summed E-state index contributed by atoms with van der Waals surface area (Å²) in [5.41, 5.74) is 1.14. The van der Waals surface area contributed by atoms with Gasteiger partial charge in [0, 0.05) is 0 Å². The molecule has 0 aromatic heterocycles. The normalized spacial score (nSPS) is 9.85. The Kier molecular flexibility index (Phi) is 3.17. The molecule has 70 valence electrons. The molecule has 1 aromatic carbocycles. The van der Waals surface area contributed by atoms with Crippen LogP contribution in [0.3, 0.4) is 0 Å². The molecular formula is C9H8Cl2O2. The van der Waals surface area contributed by atoms with Crippen LogP contribution >= 0.6 is 23.2 Å². The lowest BCUT2D eigenvalue weighted by Crippen LogP contribution is -1.94. The molecule has 0 N–H and O–H groups in total. The number of rotatable bonds is 2. The molecule has 0 aliphatic heterocycles. The van der Waals surface area contributed by atoms with E-state index in [1.54, 1.807) is 6.07 Å². The highest BCUT2D eigenvalue weighted by Crippen LogP contribution is 2.27. The number of ether oxygens (including phenoxy) is 1. The van der Waals surface area contributed by atoms with Gasteiger partial charge in [0.2, 0.25) is 0 Å². The van der Waals surface area contributed by atoms with Gasteiger partial charge in [0.1, 0.15) is 5.75 Å². The highest BCUT2D eigenvalue weighted by Gasteiger charge is 2.10. The smallest absolute Gasteiger partial charge is 0.254 e. The summed E-state index contributed by atoms with van der Waals surface area (Å²) in [6.07, 6.45) is 0. The molecule has 0 radical (unpaired) electrons. The number of benzene rings is 1. The van der Waals surface area contributed by atoms with E-state index in [1.807, 2.05) is 6.92 Å². The van der Waals surface area contributed by atoms with Crippen LogP contribution in [0.4, 0.5) is 0 Å². The second-order valence-corrected chi connectivity index (χ2v) is 3.33. The van der Waals surface area contributed by atoms with Crippen LogP contribution in [0.2, 0.25) is 5.02 Å². The number of carbonyl (C=O) groups is 1. The first-order valence-electron chi connectivity index (χ1n) is 3.60. The van der Waals surface area contributed by atoms with Crippen molar-refractivity contribution in [2.75, 3.05) is 7.11 Å². The van der Waals surface area contributed by atoms with Gasteiger partial charge in [0.15, 0.2) is 0 Å². The van der Waals surface area contributed by atoms with Crippen LogP contribution in [-0.2, 0) is 0 Å². The molecule has 0 amide bonds. The van der Waals surface area contributed by atoms with Gasteiger partial charge in [0.25, 0.3) is 5.24 Å². The van der Waals surface area contributed by atoms with Crippen LogP contribution in [0, 0.1) is 6.92 Å². The van der Waals surface area contributed by atoms with Crippen LogP contribution in [0.15, 0.2) is 12.1 Å². The zero-order valence-electron chi connectivity index (χ0n) is 7.23. The molecule has 13 heavy (non-hydrogen) atoms. The molecule has 1 rings (SSSR count). The zero-order valence-corrected chi connectivity index (χ0v) is 8.74. The summed E-state index contributed by atoms with van der Waals surface area (Å²) >= 11 is 11.1. The summed E-state index contributed by atoms with van der Waals surface area (Å²) in [4.78, 5) is 10.9. The Balaban J connectivity index is 3.30. The predicted molar refractivity (Wildman–Crippen MR) is 52.9 cm³/mol. The number of methoxy groups -OCH3 is 1. The zero-order chi connectivity index (χ0) is 10.0. The third-order valence-corrected chi connectivity index (χ3v) is 2.21. The third-order valence-electron chi connectivity index (χ3n) is 1.70. The second-order valence-electron chi connectivity index (χ2n) is 2.58. The molecular weight excluding hydrogens is 211 g/mol. The number of hydrogen-bond acceptors (Lipinski definition) is 2. The molecule has 1 aromatic rings. The van der Waals surface area contributed by atoms with Crippen molar-refractivity contribution < 1.29 is 9.53 Å². The SMILES string of the molecule is COc1cc(C(=O)Cl)c(Cl)cc1C. The van der Waals surface area contributed by atoms with E-state index in [-0.39, 0.29) is 5.56 Å². The first kappa shape index (κ1) is 10.4. The number of hydrogen-bond donors (Lipinski definition) is 0. The fraction of sp³-hybridized carbons (Fsp3) is 0.222. The van der Waals surface area contributed by atoms with Crippen molar-refractivity contribution in [3.05, 3.63) is 28.3 Å². The van der Waals surface area contributed by atoms with Gasteiger partial charge < -0.3 is 4.74 Å². The van der Waals surface area contributed by atoms with Crippen molar-refractivity contribution in [1.82, 2.24) is 0 Å². The highest BCUT2D eigenvalue weighted by atomic mass is 35.5. The van der Waals surface area contributed by atoms with Crippen LogP contribution in [0.25, 0.3) is 0 Å². The largest absolute Gasteiger partial charge is 0.496 e. The summed E-state index contributed by atoms with van der Waals surface area (Å²) in [7, 11) is 1.53. The first-order valence-corrected chi connectivity index (χ1v) is 4.36. The van der Waals surface area contributed by atoms with E-state index >= 15 is 0 Å². The van der Waals surface area contributed by atoms with Crippen molar-refractivity contribution in [2.24, 2.45) is 0 Å². The Morgan fingerprint density at radius 1 is 1.46 bits per heavy atom. The monoisotopic (exact) mass is 218 g/mol. The van der Waals surface area contributed by atoms with Crippen LogP contribution in [-0.4, -0.2) is 12.4 Å². The van der Waals surface area contributed by atoms with Gasteiger partial charge in [-0.15, -0.1) is 0 Å². The van der Waals surface area contributed by atoms with E-state index in [9.17, 15) is 4.79 Å². The van der Waals surface area contributed by atoms with Gasteiger partial charge in [0.05, 0.1) is 17.7 Å². The summed E-state index contributed by atoms with van der Waals surface area (Å²) < 4.78 is 5.02. The average Bonchev–Trinajstić information content (AvgIpc) is 2.03. The van der Waals surface area contributed by atoms with Gasteiger partial charge in [-0.2, -0.15) is 0 Å². The minimum atomic E-state index is -0.580. The van der Waals surface area contributed by atoms with Gasteiger partial charge >= 0.3 is 0 Å². The fourth-order valence-corrected chi connectivity index (χ4v) is 1.53. The molecule has 0 aliphatic rings. The number of aryl methyl sites for hydroxylation is 1. The summed E-state index contributed by atoms with van der Waals surface area (Å²) in [5, 5.41) is -0.235. The maximum atomic E-state index is 10.9. The van der Waals surface area contributed by atoms with E-state index in [0.717, 1.165) is 5.56 Å². The van der Waals surface area contributed by atoms with Gasteiger partial charge in [-0.05, 0) is 36.2 Å². The lowest BCUT2D eigenvalue weighted by molar-refractivity contribution is 0.108. The van der Waals surface area contributed by atoms with E-state index in [1.165, 1.54) is 13.2 Å². The average molecular weight is 219 g/mol. The van der Waals surface area contributed by atoms with Crippen molar-refractivity contribution in [3.8, 4) is 5.75 Å². The molecule has 0 spiro atoms. The lowest BCUT2D eigenvalue weighted by Gasteiger charge is -2.06. The van der Waals surface area contributed by atoms with Crippen molar-refractivity contribution in [2.45, 2.75) is 6.92 Å². The standard InChI is InChI=1S/C9H8Cl2O2/c1-5-3-7(10)6(9(11)12)4-8(5)13-2/h3-4H,1-2H3. The summed E-state index contributed by atoms with van der Waals surface area (Å²) in [6.45, 7) is 1.84. The maximum absolute atomic E-state index is 10.9. The van der Waals surface area contributed by atoms with Crippen LogP contribution in [0.1, 0.15) is 15.9 Å². The third kappa shape index (κ3) is 2.14. The van der Waals surface area contributed by atoms with E-state index < -0.39 is 5.24 Å². The molecule has 0 saturated carbocycles. The molecule has 0 saturated heterocycles. The Morgan fingerprint density at radius 3 is 2.54 bits per heavy atom. The predicted octanol–water partition coefficient (Wildman–Crippen LogP) is 3.04. The molecule has 0 aliphatic carbocycles. The second kappa shape index (κ2) is 3.99. The topological polar surface area (TPSA) is 26.3 Å². The molecule has 2 nitrogen and oxygen atoms in total. The number of halogens is 2. The molecule has 0 unspecified atom stereocenters. The lowest BCUT2D eigenvalue weighted by atomic mass is 10.1. The van der Waals surface area contributed by atoms with Crippen LogP contribution in [0.5, 0.6) is 5.75 Å². The van der Waals surface area contributed by atoms with E-state index in [4.69, 9.17) is 27.9 Å². The highest BCUT2D eigenvalue weighted by molar-refractivity contribution is 6.68. The quantitative estimate of drug-likeness (QED) is 0.714. The Morgan fingerprint density at radius 2 is 2.08 bits per heavy atom. The van der Waals surface area contributed by atoms with Crippen molar-refractivity contribution in [3.63, 3.8) is 0 Å². The number of carbonyl (C=O) groups excluding carboxylic acids is 1. The molecule has 4 heteroatoms. The Hall–Kier alpha value is -0.730. The Bertz CT molecular complexity index is 348. The molecule has 0 atom stereocenters. The van der Waals surface area contributed by atoms with Crippen molar-refractivity contribution in [1.29, 1.82) is 0 Å². The molecule has 0 fully saturated rings. The fourth-order valence-electron chi connectivity index (χ4n) is 1.02. The van der Waals surface area contributed by atoms with Crippen molar-refractivity contribution >= 4 is 28.4 Å². The van der Waals surface area contributed by atoms with E-state index in [2.05, 4.69) is 0 Å². The van der Waals surface area contributed by atoms with Crippen LogP contribution < -0.4 is 4.74 Å². The minimum Gasteiger partial charge on any atom is -0.496 e. The van der Waals surface area contributed by atoms with Gasteiger partial charge in [-0.25, -0.2) is 0 Å². The van der Waals surface area contributed by atoms with E-state index in [0.29, 0.717) is 10.8 Å². The maximum Gasteiger partial charge on any atom is 0.254 e. The van der Waals surface area contributed by atoms with Gasteiger partial charge in [-0.1, -0.05) is 11.6 Å². The Labute approximate surface area is 86.4 Å². The van der Waals surface area contributed by atoms with Gasteiger partial charge in [-0.3, -0.25) is 4.79 Å². The molecule has 0 heterocycles. The first-order chi connectivity index (χ1) is 6.06. The summed E-state index contributed by atoms with van der Waals surface area (Å²) in [5.74, 6) is 0.605.